The monoisotopic (exact) mass is 152 g/mol. The van der Waals surface area contributed by atoms with Gasteiger partial charge in [0.25, 0.3) is 0 Å². The standard InChI is InChI=1S/C4H8OSe/c1-2-4(6)3-5/h3-4,6H,2H2,1H3. The first kappa shape index (κ1) is 6.19. The summed E-state index contributed by atoms with van der Waals surface area (Å²) in [6.45, 7) is 1.98. The Hall–Kier alpha value is 0.189. The third-order valence-electron chi connectivity index (χ3n) is 0.575. The van der Waals surface area contributed by atoms with Gasteiger partial charge in [-0.1, -0.05) is 0 Å². The number of carbonyl (C=O) groups is 1. The molecule has 1 atom stereocenters. The Labute approximate surface area is 45.9 Å². The van der Waals surface area contributed by atoms with E-state index in [0.717, 1.165) is 12.7 Å². The van der Waals surface area contributed by atoms with E-state index in [2.05, 4.69) is 16.0 Å². The van der Waals surface area contributed by atoms with Crippen molar-refractivity contribution in [3.63, 3.8) is 0 Å². The summed E-state index contributed by atoms with van der Waals surface area (Å²) in [7, 11) is 0. The molecule has 6 heavy (non-hydrogen) atoms. The van der Waals surface area contributed by atoms with Gasteiger partial charge in [0.05, 0.1) is 0 Å². The van der Waals surface area contributed by atoms with Crippen LogP contribution in [0.4, 0.5) is 0 Å². The molecule has 36 valence electrons. The SMILES string of the molecule is CCC([SeH])C=O. The Morgan fingerprint density at radius 3 is 2.50 bits per heavy atom. The summed E-state index contributed by atoms with van der Waals surface area (Å²) in [5, 5.41) is 0. The molecule has 0 amide bonds. The summed E-state index contributed by atoms with van der Waals surface area (Å²) in [6, 6.07) is 0. The molecule has 0 fully saturated rings. The number of carbonyl (C=O) groups excluding carboxylic acids is 1. The van der Waals surface area contributed by atoms with Gasteiger partial charge in [-0.15, -0.1) is 0 Å². The quantitative estimate of drug-likeness (QED) is 0.409. The average Bonchev–Trinajstić information content (AvgIpc) is 1.65. The van der Waals surface area contributed by atoms with Crippen LogP contribution < -0.4 is 0 Å². The van der Waals surface area contributed by atoms with Gasteiger partial charge >= 0.3 is 45.3 Å². The van der Waals surface area contributed by atoms with E-state index in [-0.39, 0.29) is 4.82 Å². The maximum absolute atomic E-state index is 9.72. The third-order valence-corrected chi connectivity index (χ3v) is 1.60. The summed E-state index contributed by atoms with van der Waals surface area (Å²) in [6.07, 6.45) is 1.88. The second-order valence-corrected chi connectivity index (χ2v) is 2.50. The van der Waals surface area contributed by atoms with Crippen molar-refractivity contribution < 1.29 is 4.79 Å². The molecule has 0 N–H and O–H groups in total. The van der Waals surface area contributed by atoms with Crippen LogP contribution in [0.25, 0.3) is 0 Å². The molecule has 1 nitrogen and oxygen atoms in total. The number of rotatable bonds is 2. The fourth-order valence-electron chi connectivity index (χ4n) is 0.0962. The second-order valence-electron chi connectivity index (χ2n) is 1.11. The molecular formula is C4H8OSe. The zero-order valence-corrected chi connectivity index (χ0v) is 5.59. The van der Waals surface area contributed by atoms with Crippen molar-refractivity contribution in [3.05, 3.63) is 0 Å². The maximum atomic E-state index is 9.72. The van der Waals surface area contributed by atoms with Crippen LogP contribution in [-0.2, 0) is 4.79 Å². The van der Waals surface area contributed by atoms with Crippen molar-refractivity contribution in [1.29, 1.82) is 0 Å². The van der Waals surface area contributed by atoms with Crippen molar-refractivity contribution in [2.45, 2.75) is 18.2 Å². The van der Waals surface area contributed by atoms with Crippen LogP contribution in [0, 0.1) is 0 Å². The van der Waals surface area contributed by atoms with E-state index < -0.39 is 0 Å². The molecule has 0 spiro atoms. The van der Waals surface area contributed by atoms with Crippen LogP contribution in [-0.4, -0.2) is 22.3 Å². The van der Waals surface area contributed by atoms with Crippen LogP contribution in [0.5, 0.6) is 0 Å². The summed E-state index contributed by atoms with van der Waals surface area (Å²) < 4.78 is 0. The van der Waals surface area contributed by atoms with Crippen molar-refractivity contribution in [3.8, 4) is 0 Å². The van der Waals surface area contributed by atoms with E-state index in [4.69, 9.17) is 0 Å². The molecule has 0 aliphatic carbocycles. The molecule has 0 aliphatic rings. The first-order chi connectivity index (χ1) is 2.81. The summed E-state index contributed by atoms with van der Waals surface area (Å²) in [4.78, 5) is 9.91. The van der Waals surface area contributed by atoms with E-state index >= 15 is 0 Å². The molecule has 0 saturated heterocycles. The molecule has 0 heterocycles. The molecule has 0 aromatic rings. The van der Waals surface area contributed by atoms with Gasteiger partial charge in [-0.05, 0) is 0 Å². The summed E-state index contributed by atoms with van der Waals surface area (Å²) in [5.74, 6) is 0. The van der Waals surface area contributed by atoms with Crippen molar-refractivity contribution in [2.24, 2.45) is 0 Å². The molecule has 2 heteroatoms. The van der Waals surface area contributed by atoms with Gasteiger partial charge in [0.2, 0.25) is 0 Å². The van der Waals surface area contributed by atoms with E-state index in [0.29, 0.717) is 0 Å². The van der Waals surface area contributed by atoms with Crippen LogP contribution in [0.1, 0.15) is 13.3 Å². The van der Waals surface area contributed by atoms with Gasteiger partial charge in [-0.2, -0.15) is 0 Å². The average molecular weight is 151 g/mol. The van der Waals surface area contributed by atoms with E-state index in [1.165, 1.54) is 0 Å². The van der Waals surface area contributed by atoms with Gasteiger partial charge in [-0.3, -0.25) is 0 Å². The van der Waals surface area contributed by atoms with E-state index in [1.54, 1.807) is 0 Å². The Kier molecular flexibility index (Phi) is 3.49. The minimum atomic E-state index is 0.192. The fourth-order valence-corrected chi connectivity index (χ4v) is 0.0962. The second kappa shape index (κ2) is 3.38. The normalized spacial score (nSPS) is 13.7. The number of hydrogen-bond donors (Lipinski definition) is 0. The molecule has 0 rings (SSSR count). The Morgan fingerprint density at radius 1 is 2.00 bits per heavy atom. The molecule has 0 saturated carbocycles. The first-order valence-corrected chi connectivity index (χ1v) is 3.03. The van der Waals surface area contributed by atoms with Crippen LogP contribution >= 0.6 is 0 Å². The number of aldehydes is 1. The molecule has 0 radical (unpaired) electrons. The van der Waals surface area contributed by atoms with Crippen LogP contribution in [0.15, 0.2) is 0 Å². The summed E-state index contributed by atoms with van der Waals surface area (Å²) >= 11 is 2.31. The van der Waals surface area contributed by atoms with Gasteiger partial charge in [0.15, 0.2) is 0 Å². The third kappa shape index (κ3) is 2.43. The van der Waals surface area contributed by atoms with Crippen molar-refractivity contribution in [2.75, 3.05) is 0 Å². The summed E-state index contributed by atoms with van der Waals surface area (Å²) in [5.41, 5.74) is 0. The predicted octanol–water partition coefficient (Wildman–Crippen LogP) is 0.285. The molecular weight excluding hydrogens is 143 g/mol. The Morgan fingerprint density at radius 2 is 2.50 bits per heavy atom. The van der Waals surface area contributed by atoms with Gasteiger partial charge in [-0.25, -0.2) is 0 Å². The first-order valence-electron chi connectivity index (χ1n) is 1.94. The van der Waals surface area contributed by atoms with E-state index in [1.807, 2.05) is 6.92 Å². The number of hydrogen-bond acceptors (Lipinski definition) is 1. The Balaban J connectivity index is 2.96. The van der Waals surface area contributed by atoms with Gasteiger partial charge < -0.3 is 0 Å². The molecule has 0 aromatic carbocycles. The molecule has 0 aromatic heterocycles. The zero-order valence-electron chi connectivity index (χ0n) is 3.72. The van der Waals surface area contributed by atoms with Gasteiger partial charge in [0, 0.05) is 0 Å². The molecule has 1 unspecified atom stereocenters. The zero-order chi connectivity index (χ0) is 4.99. The molecule has 0 bridgehead atoms. The minimum absolute atomic E-state index is 0.192. The van der Waals surface area contributed by atoms with Crippen molar-refractivity contribution in [1.82, 2.24) is 0 Å². The van der Waals surface area contributed by atoms with Crippen LogP contribution in [0.3, 0.4) is 0 Å². The van der Waals surface area contributed by atoms with Crippen LogP contribution in [0.2, 0.25) is 4.82 Å². The fraction of sp³-hybridized carbons (Fsp3) is 0.750. The topological polar surface area (TPSA) is 17.1 Å². The van der Waals surface area contributed by atoms with Crippen molar-refractivity contribution >= 4 is 22.3 Å². The predicted molar refractivity (Wildman–Crippen MR) is 27.3 cm³/mol. The van der Waals surface area contributed by atoms with E-state index in [9.17, 15) is 4.79 Å². The van der Waals surface area contributed by atoms with Gasteiger partial charge in [0.1, 0.15) is 0 Å². The molecule has 0 aliphatic heterocycles. The Bertz CT molecular complexity index is 44.8.